The second kappa shape index (κ2) is 7.17. The predicted octanol–water partition coefficient (Wildman–Crippen LogP) is 2.98. The van der Waals surface area contributed by atoms with Gasteiger partial charge in [-0.1, -0.05) is 18.2 Å². The molecule has 0 unspecified atom stereocenters. The second-order valence-corrected chi connectivity index (χ2v) is 6.50. The molecule has 3 heterocycles. The lowest BCUT2D eigenvalue weighted by molar-refractivity contribution is 0.0679. The first-order chi connectivity index (χ1) is 12.8. The molecule has 6 heteroatoms. The minimum atomic E-state index is -0.0626. The summed E-state index contributed by atoms with van der Waals surface area (Å²) in [6, 6.07) is 13.4. The number of benzene rings is 1. The van der Waals surface area contributed by atoms with Crippen molar-refractivity contribution in [1.82, 2.24) is 14.7 Å². The lowest BCUT2D eigenvalue weighted by atomic mass is 9.91. The summed E-state index contributed by atoms with van der Waals surface area (Å²) in [5, 5.41) is 14.2. The Morgan fingerprint density at radius 1 is 1.15 bits per heavy atom. The van der Waals surface area contributed by atoms with Gasteiger partial charge in [-0.05, 0) is 37.1 Å². The third-order valence-electron chi connectivity index (χ3n) is 4.96. The fourth-order valence-corrected chi connectivity index (χ4v) is 3.64. The number of likely N-dealkylation sites (tertiary alicyclic amines) is 1. The number of carbonyl (C=O) groups excluding carboxylic acids is 1. The molecule has 3 aromatic rings. The van der Waals surface area contributed by atoms with Gasteiger partial charge < -0.3 is 14.4 Å². The number of aliphatic hydroxyl groups excluding tert-OH is 1. The third kappa shape index (κ3) is 3.04. The van der Waals surface area contributed by atoms with Crippen LogP contribution in [0.5, 0.6) is 0 Å². The van der Waals surface area contributed by atoms with Crippen LogP contribution in [0.2, 0.25) is 0 Å². The average Bonchev–Trinajstić information content (AvgIpc) is 3.38. The van der Waals surface area contributed by atoms with Gasteiger partial charge in [-0.3, -0.25) is 4.79 Å². The molecule has 0 saturated carbocycles. The largest absolute Gasteiger partial charge is 0.459 e. The minimum absolute atomic E-state index is 0.0340. The van der Waals surface area contributed by atoms with Crippen LogP contribution in [0.25, 0.3) is 5.69 Å². The van der Waals surface area contributed by atoms with Crippen LogP contribution in [0.15, 0.2) is 59.3 Å². The molecule has 2 aromatic heterocycles. The Kier molecular flexibility index (Phi) is 4.58. The van der Waals surface area contributed by atoms with Crippen LogP contribution < -0.4 is 0 Å². The lowest BCUT2D eigenvalue weighted by Crippen LogP contribution is -2.38. The summed E-state index contributed by atoms with van der Waals surface area (Å²) >= 11 is 0. The van der Waals surface area contributed by atoms with Gasteiger partial charge in [-0.25, -0.2) is 4.68 Å². The maximum atomic E-state index is 12.4. The van der Waals surface area contributed by atoms with Crippen molar-refractivity contribution in [3.63, 3.8) is 0 Å². The van der Waals surface area contributed by atoms with Crippen molar-refractivity contribution >= 4 is 5.91 Å². The number of rotatable bonds is 4. The Balaban J connectivity index is 1.54. The highest BCUT2D eigenvalue weighted by Crippen LogP contribution is 2.32. The third-order valence-corrected chi connectivity index (χ3v) is 4.96. The van der Waals surface area contributed by atoms with Crippen molar-refractivity contribution < 1.29 is 14.3 Å². The zero-order chi connectivity index (χ0) is 17.9. The molecular weight excluding hydrogens is 330 g/mol. The quantitative estimate of drug-likeness (QED) is 0.784. The van der Waals surface area contributed by atoms with Crippen LogP contribution in [0, 0.1) is 0 Å². The Hall–Kier alpha value is -2.86. The molecule has 26 heavy (non-hydrogen) atoms. The van der Waals surface area contributed by atoms with Crippen LogP contribution in [0.4, 0.5) is 0 Å². The molecule has 6 nitrogen and oxygen atoms in total. The number of piperidine rings is 1. The van der Waals surface area contributed by atoms with Gasteiger partial charge in [0, 0.05) is 24.6 Å². The van der Waals surface area contributed by atoms with Gasteiger partial charge in [0.05, 0.1) is 30.4 Å². The van der Waals surface area contributed by atoms with Crippen molar-refractivity contribution in [2.45, 2.75) is 25.4 Å². The Labute approximate surface area is 151 Å². The number of hydrogen-bond acceptors (Lipinski definition) is 4. The summed E-state index contributed by atoms with van der Waals surface area (Å²) < 4.78 is 7.14. The molecule has 1 aliphatic heterocycles. The van der Waals surface area contributed by atoms with E-state index in [-0.39, 0.29) is 18.4 Å². The number of carbonyl (C=O) groups is 1. The highest BCUT2D eigenvalue weighted by atomic mass is 16.3. The van der Waals surface area contributed by atoms with E-state index in [1.807, 2.05) is 39.9 Å². The molecular formula is C20H21N3O3. The van der Waals surface area contributed by atoms with Crippen LogP contribution in [-0.4, -0.2) is 38.8 Å². The molecule has 0 atom stereocenters. The molecule has 0 bridgehead atoms. The molecule has 1 aromatic carbocycles. The van der Waals surface area contributed by atoms with E-state index in [4.69, 9.17) is 4.42 Å². The van der Waals surface area contributed by atoms with Gasteiger partial charge >= 0.3 is 0 Å². The number of para-hydroxylation sites is 1. The standard InChI is InChI=1S/C20H21N3O3/c24-14-16-13-21-23(17-5-2-1-3-6-17)19(16)15-8-10-22(11-9-15)20(25)18-7-4-12-26-18/h1-7,12-13,15,24H,8-11,14H2. The molecule has 1 fully saturated rings. The van der Waals surface area contributed by atoms with E-state index >= 15 is 0 Å². The van der Waals surface area contributed by atoms with Crippen LogP contribution >= 0.6 is 0 Å². The van der Waals surface area contributed by atoms with Crippen molar-refractivity contribution in [2.75, 3.05) is 13.1 Å². The molecule has 1 saturated heterocycles. The van der Waals surface area contributed by atoms with Crippen molar-refractivity contribution in [3.8, 4) is 5.69 Å². The number of aliphatic hydroxyl groups is 1. The van der Waals surface area contributed by atoms with E-state index in [2.05, 4.69) is 5.10 Å². The smallest absolute Gasteiger partial charge is 0.289 e. The highest BCUT2D eigenvalue weighted by Gasteiger charge is 2.29. The number of furan rings is 1. The summed E-state index contributed by atoms with van der Waals surface area (Å²) in [6.45, 7) is 1.29. The summed E-state index contributed by atoms with van der Waals surface area (Å²) in [4.78, 5) is 14.3. The molecule has 4 rings (SSSR count). The maximum absolute atomic E-state index is 12.4. The van der Waals surface area contributed by atoms with Crippen LogP contribution in [-0.2, 0) is 6.61 Å². The normalized spacial score (nSPS) is 15.3. The monoisotopic (exact) mass is 351 g/mol. The van der Waals surface area contributed by atoms with E-state index in [9.17, 15) is 9.90 Å². The van der Waals surface area contributed by atoms with Gasteiger partial charge in [0.2, 0.25) is 0 Å². The molecule has 1 aliphatic rings. The van der Waals surface area contributed by atoms with E-state index in [1.54, 1.807) is 18.3 Å². The zero-order valence-electron chi connectivity index (χ0n) is 14.4. The summed E-state index contributed by atoms with van der Waals surface area (Å²) in [5.41, 5.74) is 2.88. The summed E-state index contributed by atoms with van der Waals surface area (Å²) in [7, 11) is 0. The Morgan fingerprint density at radius 3 is 2.58 bits per heavy atom. The van der Waals surface area contributed by atoms with E-state index in [1.165, 1.54) is 6.26 Å². The van der Waals surface area contributed by atoms with E-state index < -0.39 is 0 Å². The fraction of sp³-hybridized carbons (Fsp3) is 0.300. The fourth-order valence-electron chi connectivity index (χ4n) is 3.64. The van der Waals surface area contributed by atoms with Crippen LogP contribution in [0.1, 0.15) is 40.6 Å². The second-order valence-electron chi connectivity index (χ2n) is 6.50. The first-order valence-electron chi connectivity index (χ1n) is 8.84. The first-order valence-corrected chi connectivity index (χ1v) is 8.84. The Bertz CT molecular complexity index is 863. The molecule has 0 radical (unpaired) electrons. The summed E-state index contributed by atoms with van der Waals surface area (Å²) in [6.07, 6.45) is 4.92. The number of aromatic nitrogens is 2. The average molecular weight is 351 g/mol. The van der Waals surface area contributed by atoms with Gasteiger partial charge in [-0.2, -0.15) is 5.10 Å². The SMILES string of the molecule is O=C(c1ccco1)N1CCC(c2c(CO)cnn2-c2ccccc2)CC1. The molecule has 1 N–H and O–H groups in total. The summed E-state index contributed by atoms with van der Waals surface area (Å²) in [5.74, 6) is 0.571. The van der Waals surface area contributed by atoms with Crippen molar-refractivity contribution in [2.24, 2.45) is 0 Å². The molecule has 0 aliphatic carbocycles. The van der Waals surface area contributed by atoms with E-state index in [0.717, 1.165) is 29.8 Å². The molecule has 0 spiro atoms. The van der Waals surface area contributed by atoms with Gasteiger partial charge in [-0.15, -0.1) is 0 Å². The molecule has 134 valence electrons. The topological polar surface area (TPSA) is 71.5 Å². The van der Waals surface area contributed by atoms with Gasteiger partial charge in [0.25, 0.3) is 5.91 Å². The number of amides is 1. The minimum Gasteiger partial charge on any atom is -0.459 e. The molecule has 1 amide bonds. The predicted molar refractivity (Wildman–Crippen MR) is 96.1 cm³/mol. The zero-order valence-corrected chi connectivity index (χ0v) is 14.4. The first kappa shape index (κ1) is 16.6. The number of nitrogens with zero attached hydrogens (tertiary/aromatic N) is 3. The van der Waals surface area contributed by atoms with Crippen LogP contribution in [0.3, 0.4) is 0 Å². The Morgan fingerprint density at radius 2 is 1.92 bits per heavy atom. The van der Waals surface area contributed by atoms with Crippen molar-refractivity contribution in [1.29, 1.82) is 0 Å². The maximum Gasteiger partial charge on any atom is 0.289 e. The number of hydrogen-bond donors (Lipinski definition) is 1. The van der Waals surface area contributed by atoms with Crippen molar-refractivity contribution in [3.05, 3.63) is 71.9 Å². The lowest BCUT2D eigenvalue weighted by Gasteiger charge is -2.32. The van der Waals surface area contributed by atoms with Gasteiger partial charge in [0.1, 0.15) is 0 Å². The van der Waals surface area contributed by atoms with Gasteiger partial charge in [0.15, 0.2) is 5.76 Å². The van der Waals surface area contributed by atoms with E-state index in [0.29, 0.717) is 18.8 Å². The highest BCUT2D eigenvalue weighted by molar-refractivity contribution is 5.91.